The molecule has 1 aromatic carbocycles. The van der Waals surface area contributed by atoms with Crippen molar-refractivity contribution in [1.82, 2.24) is 0 Å². The van der Waals surface area contributed by atoms with E-state index in [1.807, 2.05) is 26.0 Å². The molecule has 0 bridgehead atoms. The maximum atomic E-state index is 10.8. The molecule has 94 valence electrons. The number of rotatable bonds is 2. The van der Waals surface area contributed by atoms with Crippen molar-refractivity contribution in [3.8, 4) is 0 Å². The number of hydrogen-bond acceptors (Lipinski definition) is 2. The van der Waals surface area contributed by atoms with Crippen molar-refractivity contribution in [3.63, 3.8) is 0 Å². The van der Waals surface area contributed by atoms with Gasteiger partial charge in [0.1, 0.15) is 0 Å². The molecule has 0 spiro atoms. The van der Waals surface area contributed by atoms with Gasteiger partial charge in [-0.25, -0.2) is 0 Å². The Hall–Kier alpha value is -0.860. The Morgan fingerprint density at radius 3 is 2.76 bits per heavy atom. The minimum absolute atomic E-state index is 0.241. The highest BCUT2D eigenvalue weighted by atomic mass is 16.5. The zero-order valence-electron chi connectivity index (χ0n) is 11.0. The second kappa shape index (κ2) is 4.43. The Labute approximate surface area is 104 Å². The molecule has 1 N–H and O–H groups in total. The molecule has 1 fully saturated rings. The zero-order valence-corrected chi connectivity index (χ0v) is 11.0. The van der Waals surface area contributed by atoms with Crippen molar-refractivity contribution in [2.45, 2.75) is 51.2 Å². The van der Waals surface area contributed by atoms with Gasteiger partial charge in [-0.1, -0.05) is 31.2 Å². The first-order valence-corrected chi connectivity index (χ1v) is 6.41. The van der Waals surface area contributed by atoms with Gasteiger partial charge < -0.3 is 9.84 Å². The number of ether oxygens (including phenoxy) is 1. The van der Waals surface area contributed by atoms with Crippen LogP contribution in [0.15, 0.2) is 24.3 Å². The zero-order chi connectivity index (χ0) is 12.5. The molecular weight excluding hydrogens is 212 g/mol. The fourth-order valence-electron chi connectivity index (χ4n) is 2.67. The van der Waals surface area contributed by atoms with E-state index in [9.17, 15) is 5.11 Å². The Kier molecular flexibility index (Phi) is 3.28. The van der Waals surface area contributed by atoms with Gasteiger partial charge in [0.2, 0.25) is 0 Å². The lowest BCUT2D eigenvalue weighted by molar-refractivity contribution is -0.148. The average Bonchev–Trinajstić information content (AvgIpc) is 2.27. The number of aryl methyl sites for hydroxylation is 1. The predicted octanol–water partition coefficient (Wildman–Crippen LogP) is 3.03. The van der Waals surface area contributed by atoms with Gasteiger partial charge in [-0.15, -0.1) is 0 Å². The van der Waals surface area contributed by atoms with E-state index in [2.05, 4.69) is 19.1 Å². The van der Waals surface area contributed by atoms with Crippen LogP contribution in [0.4, 0.5) is 0 Å². The predicted molar refractivity (Wildman–Crippen MR) is 69.0 cm³/mol. The van der Waals surface area contributed by atoms with E-state index in [4.69, 9.17) is 4.74 Å². The molecule has 1 aromatic rings. The van der Waals surface area contributed by atoms with Crippen LogP contribution >= 0.6 is 0 Å². The Balaban J connectivity index is 2.30. The Bertz CT molecular complexity index is 398. The third kappa shape index (κ3) is 2.70. The molecule has 0 aliphatic carbocycles. The first-order chi connectivity index (χ1) is 7.95. The van der Waals surface area contributed by atoms with Crippen LogP contribution in [0.25, 0.3) is 0 Å². The van der Waals surface area contributed by atoms with Gasteiger partial charge in [-0.05, 0) is 31.4 Å². The number of benzene rings is 1. The van der Waals surface area contributed by atoms with Gasteiger partial charge in [-0.2, -0.15) is 0 Å². The molecule has 2 rings (SSSR count). The maximum Gasteiger partial charge on any atom is 0.0945 e. The van der Waals surface area contributed by atoms with Crippen LogP contribution < -0.4 is 0 Å². The summed E-state index contributed by atoms with van der Waals surface area (Å²) in [5.41, 5.74) is 1.34. The summed E-state index contributed by atoms with van der Waals surface area (Å²) in [7, 11) is 0. The second-order valence-electron chi connectivity index (χ2n) is 5.62. The fourth-order valence-corrected chi connectivity index (χ4v) is 2.67. The second-order valence-corrected chi connectivity index (χ2v) is 5.62. The topological polar surface area (TPSA) is 29.5 Å². The molecule has 1 aliphatic heterocycles. The van der Waals surface area contributed by atoms with E-state index >= 15 is 0 Å². The van der Waals surface area contributed by atoms with Crippen molar-refractivity contribution in [3.05, 3.63) is 35.4 Å². The molecule has 0 radical (unpaired) electrons. The maximum absolute atomic E-state index is 10.8. The fraction of sp³-hybridized carbons (Fsp3) is 0.600. The van der Waals surface area contributed by atoms with Crippen molar-refractivity contribution in [2.75, 3.05) is 6.61 Å². The van der Waals surface area contributed by atoms with Crippen LogP contribution in [0.1, 0.15) is 44.7 Å². The molecule has 1 heterocycles. The van der Waals surface area contributed by atoms with Gasteiger partial charge in [0.25, 0.3) is 0 Å². The molecule has 2 heteroatoms. The quantitative estimate of drug-likeness (QED) is 0.852. The summed E-state index contributed by atoms with van der Waals surface area (Å²) in [6, 6.07) is 8.30. The van der Waals surface area contributed by atoms with Crippen molar-refractivity contribution in [1.29, 1.82) is 0 Å². The number of aliphatic hydroxyl groups is 1. The Morgan fingerprint density at radius 1 is 1.35 bits per heavy atom. The van der Waals surface area contributed by atoms with E-state index < -0.39 is 5.60 Å². The Morgan fingerprint density at radius 2 is 2.12 bits per heavy atom. The van der Waals surface area contributed by atoms with Crippen molar-refractivity contribution in [2.24, 2.45) is 0 Å². The lowest BCUT2D eigenvalue weighted by atomic mass is 9.79. The van der Waals surface area contributed by atoms with Gasteiger partial charge in [0, 0.05) is 12.8 Å². The van der Waals surface area contributed by atoms with Crippen LogP contribution in [0.5, 0.6) is 0 Å². The SMILES string of the molecule is CCc1cccc(C2(O)CCOC(C)(C)C2)c1. The summed E-state index contributed by atoms with van der Waals surface area (Å²) < 4.78 is 5.68. The molecule has 1 aliphatic rings. The van der Waals surface area contributed by atoms with Gasteiger partial charge in [0.15, 0.2) is 0 Å². The molecule has 1 unspecified atom stereocenters. The highest BCUT2D eigenvalue weighted by Gasteiger charge is 2.40. The third-order valence-electron chi connectivity index (χ3n) is 3.60. The molecule has 1 saturated heterocycles. The van der Waals surface area contributed by atoms with Crippen LogP contribution in [0, 0.1) is 0 Å². The largest absolute Gasteiger partial charge is 0.385 e. The van der Waals surface area contributed by atoms with E-state index in [-0.39, 0.29) is 5.60 Å². The minimum atomic E-state index is -0.729. The molecule has 17 heavy (non-hydrogen) atoms. The standard InChI is InChI=1S/C15H22O2/c1-4-12-6-5-7-13(10-12)15(16)8-9-17-14(2,3)11-15/h5-7,10,16H,4,8-9,11H2,1-3H3. The average molecular weight is 234 g/mol. The van der Waals surface area contributed by atoms with Crippen LogP contribution in [-0.2, 0) is 16.8 Å². The van der Waals surface area contributed by atoms with Crippen LogP contribution in [0.3, 0.4) is 0 Å². The van der Waals surface area contributed by atoms with Gasteiger partial charge >= 0.3 is 0 Å². The molecule has 0 aromatic heterocycles. The van der Waals surface area contributed by atoms with E-state index in [1.54, 1.807) is 0 Å². The first-order valence-electron chi connectivity index (χ1n) is 6.41. The summed E-state index contributed by atoms with van der Waals surface area (Å²) in [6.07, 6.45) is 2.35. The van der Waals surface area contributed by atoms with Gasteiger partial charge in [0.05, 0.1) is 17.8 Å². The molecule has 2 nitrogen and oxygen atoms in total. The van der Waals surface area contributed by atoms with Gasteiger partial charge in [-0.3, -0.25) is 0 Å². The van der Waals surface area contributed by atoms with E-state index in [1.165, 1.54) is 5.56 Å². The normalized spacial score (nSPS) is 28.0. The van der Waals surface area contributed by atoms with Crippen molar-refractivity contribution < 1.29 is 9.84 Å². The lowest BCUT2D eigenvalue weighted by Crippen LogP contribution is -2.43. The number of hydrogen-bond donors (Lipinski definition) is 1. The molecule has 0 amide bonds. The molecule has 0 saturated carbocycles. The van der Waals surface area contributed by atoms with Crippen molar-refractivity contribution >= 4 is 0 Å². The third-order valence-corrected chi connectivity index (χ3v) is 3.60. The molecule has 1 atom stereocenters. The van der Waals surface area contributed by atoms with Crippen LogP contribution in [0.2, 0.25) is 0 Å². The van der Waals surface area contributed by atoms with E-state index in [0.29, 0.717) is 19.4 Å². The summed E-state index contributed by atoms with van der Waals surface area (Å²) >= 11 is 0. The minimum Gasteiger partial charge on any atom is -0.385 e. The molecular formula is C15H22O2. The smallest absolute Gasteiger partial charge is 0.0945 e. The summed E-state index contributed by atoms with van der Waals surface area (Å²) in [6.45, 7) is 6.85. The monoisotopic (exact) mass is 234 g/mol. The lowest BCUT2D eigenvalue weighted by Gasteiger charge is -2.42. The summed E-state index contributed by atoms with van der Waals surface area (Å²) in [5.74, 6) is 0. The summed E-state index contributed by atoms with van der Waals surface area (Å²) in [5, 5.41) is 10.8. The van der Waals surface area contributed by atoms with Crippen LogP contribution in [-0.4, -0.2) is 17.3 Å². The highest BCUT2D eigenvalue weighted by molar-refractivity contribution is 5.29. The first kappa shape index (κ1) is 12.6. The summed E-state index contributed by atoms with van der Waals surface area (Å²) in [4.78, 5) is 0. The van der Waals surface area contributed by atoms with E-state index in [0.717, 1.165) is 12.0 Å². The highest BCUT2D eigenvalue weighted by Crippen LogP contribution is 2.39.